The van der Waals surface area contributed by atoms with E-state index in [1.54, 1.807) is 0 Å². The molecule has 2 aliphatic rings. The summed E-state index contributed by atoms with van der Waals surface area (Å²) < 4.78 is 5.24. The first kappa shape index (κ1) is 13.6. The predicted octanol–water partition coefficient (Wildman–Crippen LogP) is 3.88. The van der Waals surface area contributed by atoms with Crippen molar-refractivity contribution in [1.29, 1.82) is 0 Å². The molecule has 0 saturated carbocycles. The van der Waals surface area contributed by atoms with E-state index < -0.39 is 0 Å². The lowest BCUT2D eigenvalue weighted by Gasteiger charge is -2.27. The average molecular weight is 256 g/mol. The van der Waals surface area contributed by atoms with Gasteiger partial charge in [0.25, 0.3) is 0 Å². The maximum Gasteiger partial charge on any atom is 0.335 e. The fraction of sp³-hybridized carbons (Fsp3) is 0.353. The summed E-state index contributed by atoms with van der Waals surface area (Å²) in [7, 11) is 0. The van der Waals surface area contributed by atoms with E-state index in [1.165, 1.54) is 5.57 Å². The van der Waals surface area contributed by atoms with Crippen LogP contribution in [0.1, 0.15) is 27.2 Å². The Morgan fingerprint density at radius 3 is 2.79 bits per heavy atom. The van der Waals surface area contributed by atoms with Gasteiger partial charge in [0, 0.05) is 5.41 Å². The highest BCUT2D eigenvalue weighted by Gasteiger charge is 2.43. The summed E-state index contributed by atoms with van der Waals surface area (Å²) in [5.41, 5.74) is 3.58. The molecule has 0 saturated heterocycles. The molecule has 0 unspecified atom stereocenters. The zero-order valence-electron chi connectivity index (χ0n) is 11.8. The van der Waals surface area contributed by atoms with E-state index in [4.69, 9.17) is 4.74 Å². The van der Waals surface area contributed by atoms with E-state index in [-0.39, 0.29) is 11.4 Å². The van der Waals surface area contributed by atoms with E-state index in [0.717, 1.165) is 23.1 Å². The van der Waals surface area contributed by atoms with Crippen LogP contribution in [-0.2, 0) is 9.53 Å². The number of hydrogen-bond donors (Lipinski definition) is 0. The van der Waals surface area contributed by atoms with Crippen LogP contribution >= 0.6 is 0 Å². The van der Waals surface area contributed by atoms with Crippen LogP contribution in [0.25, 0.3) is 0 Å². The maximum absolute atomic E-state index is 12.3. The molecule has 0 amide bonds. The third kappa shape index (κ3) is 2.23. The lowest BCUT2D eigenvalue weighted by molar-refractivity contribution is -0.139. The van der Waals surface area contributed by atoms with Gasteiger partial charge in [-0.25, -0.2) is 4.79 Å². The van der Waals surface area contributed by atoms with Gasteiger partial charge < -0.3 is 4.74 Å². The van der Waals surface area contributed by atoms with Crippen molar-refractivity contribution in [2.24, 2.45) is 5.41 Å². The number of carbonyl (C=O) groups is 1. The molecule has 0 bridgehead atoms. The SMILES string of the molecule is C=C(C)[C@]1(C)CC2=CC=CC=CC2=C1C(=O)OCC. The fourth-order valence-electron chi connectivity index (χ4n) is 2.65. The van der Waals surface area contributed by atoms with Crippen LogP contribution in [0.2, 0.25) is 0 Å². The molecule has 0 radical (unpaired) electrons. The standard InChI is InChI=1S/C17H20O2/c1-5-19-16(18)15-14-10-8-6-7-9-13(14)11-17(15,4)12(2)3/h6-10H,2,5,11H2,1,3-4H3/t17-/m0/s1. The predicted molar refractivity (Wildman–Crippen MR) is 77.6 cm³/mol. The summed E-state index contributed by atoms with van der Waals surface area (Å²) >= 11 is 0. The largest absolute Gasteiger partial charge is 0.463 e. The molecule has 0 fully saturated rings. The molecule has 0 aromatic carbocycles. The Hall–Kier alpha value is -1.83. The lowest BCUT2D eigenvalue weighted by atomic mass is 9.77. The minimum absolute atomic E-state index is 0.224. The van der Waals surface area contributed by atoms with Crippen LogP contribution in [0, 0.1) is 5.41 Å². The van der Waals surface area contributed by atoms with E-state index in [9.17, 15) is 4.79 Å². The van der Waals surface area contributed by atoms with Crippen LogP contribution in [0.5, 0.6) is 0 Å². The molecule has 0 aromatic rings. The normalized spacial score (nSPS) is 24.9. The third-order valence-electron chi connectivity index (χ3n) is 3.92. The number of carbonyl (C=O) groups excluding carboxylic acids is 1. The Balaban J connectivity index is 2.59. The minimum Gasteiger partial charge on any atom is -0.463 e. The molecule has 2 rings (SSSR count). The second-order valence-electron chi connectivity index (χ2n) is 5.23. The second-order valence-corrected chi connectivity index (χ2v) is 5.23. The molecule has 2 aliphatic carbocycles. The number of esters is 1. The van der Waals surface area contributed by atoms with Crippen molar-refractivity contribution < 1.29 is 9.53 Å². The molecule has 0 spiro atoms. The molecule has 0 N–H and O–H groups in total. The molecule has 0 heterocycles. The Bertz CT molecular complexity index is 544. The smallest absolute Gasteiger partial charge is 0.335 e. The van der Waals surface area contributed by atoms with Crippen molar-refractivity contribution in [1.82, 2.24) is 0 Å². The average Bonchev–Trinajstić information content (AvgIpc) is 2.48. The maximum atomic E-state index is 12.3. The van der Waals surface area contributed by atoms with E-state index in [2.05, 4.69) is 19.6 Å². The highest BCUT2D eigenvalue weighted by atomic mass is 16.5. The van der Waals surface area contributed by atoms with Gasteiger partial charge in [0.05, 0.1) is 12.2 Å². The van der Waals surface area contributed by atoms with Gasteiger partial charge >= 0.3 is 5.97 Å². The van der Waals surface area contributed by atoms with Gasteiger partial charge in [0.2, 0.25) is 0 Å². The summed E-state index contributed by atoms with van der Waals surface area (Å²) in [5.74, 6) is -0.224. The van der Waals surface area contributed by atoms with Crippen molar-refractivity contribution in [3.63, 3.8) is 0 Å². The van der Waals surface area contributed by atoms with E-state index in [0.29, 0.717) is 6.61 Å². The molecular formula is C17H20O2. The van der Waals surface area contributed by atoms with Crippen molar-refractivity contribution in [3.05, 3.63) is 59.3 Å². The van der Waals surface area contributed by atoms with Gasteiger partial charge in [-0.1, -0.05) is 49.5 Å². The Labute approximate surface area is 114 Å². The molecule has 1 atom stereocenters. The quantitative estimate of drug-likeness (QED) is 0.565. The number of hydrogen-bond acceptors (Lipinski definition) is 2. The van der Waals surface area contributed by atoms with Gasteiger partial charge in [0.1, 0.15) is 0 Å². The minimum atomic E-state index is -0.330. The van der Waals surface area contributed by atoms with E-state index >= 15 is 0 Å². The zero-order chi connectivity index (χ0) is 14.0. The topological polar surface area (TPSA) is 26.3 Å². The molecule has 2 heteroatoms. The lowest BCUT2D eigenvalue weighted by Crippen LogP contribution is -2.24. The molecule has 19 heavy (non-hydrogen) atoms. The number of ether oxygens (including phenoxy) is 1. The Kier molecular flexibility index (Phi) is 3.61. The van der Waals surface area contributed by atoms with Gasteiger partial charge in [0.15, 0.2) is 0 Å². The molecule has 2 nitrogen and oxygen atoms in total. The summed E-state index contributed by atoms with van der Waals surface area (Å²) in [4.78, 5) is 12.3. The Morgan fingerprint density at radius 1 is 1.42 bits per heavy atom. The monoisotopic (exact) mass is 256 g/mol. The molecular weight excluding hydrogens is 236 g/mol. The highest BCUT2D eigenvalue weighted by Crippen LogP contribution is 2.51. The van der Waals surface area contributed by atoms with Gasteiger partial charge in [-0.05, 0) is 31.4 Å². The van der Waals surface area contributed by atoms with Crippen molar-refractivity contribution in [2.75, 3.05) is 6.61 Å². The fourth-order valence-corrected chi connectivity index (χ4v) is 2.65. The molecule has 0 aliphatic heterocycles. The van der Waals surface area contributed by atoms with E-state index in [1.807, 2.05) is 38.2 Å². The van der Waals surface area contributed by atoms with Crippen molar-refractivity contribution in [2.45, 2.75) is 27.2 Å². The summed E-state index contributed by atoms with van der Waals surface area (Å²) in [6.45, 7) is 10.3. The van der Waals surface area contributed by atoms with Crippen LogP contribution in [0.15, 0.2) is 59.3 Å². The van der Waals surface area contributed by atoms with Gasteiger partial charge in [-0.3, -0.25) is 0 Å². The number of rotatable bonds is 3. The van der Waals surface area contributed by atoms with Crippen LogP contribution < -0.4 is 0 Å². The number of allylic oxidation sites excluding steroid dienone is 8. The summed E-state index contributed by atoms with van der Waals surface area (Å²) in [6, 6.07) is 0. The summed E-state index contributed by atoms with van der Waals surface area (Å²) in [5, 5.41) is 0. The van der Waals surface area contributed by atoms with Crippen molar-refractivity contribution >= 4 is 5.97 Å². The molecule has 0 aromatic heterocycles. The van der Waals surface area contributed by atoms with Gasteiger partial charge in [-0.15, -0.1) is 0 Å². The van der Waals surface area contributed by atoms with Gasteiger partial charge in [-0.2, -0.15) is 0 Å². The number of fused-ring (bicyclic) bond motifs is 1. The highest BCUT2D eigenvalue weighted by molar-refractivity contribution is 5.95. The Morgan fingerprint density at radius 2 is 2.16 bits per heavy atom. The van der Waals surface area contributed by atoms with Crippen LogP contribution in [0.3, 0.4) is 0 Å². The zero-order valence-corrected chi connectivity index (χ0v) is 11.8. The first-order valence-electron chi connectivity index (χ1n) is 6.63. The first-order chi connectivity index (χ1) is 9.00. The van der Waals surface area contributed by atoms with Crippen LogP contribution in [0.4, 0.5) is 0 Å². The summed E-state index contributed by atoms with van der Waals surface area (Å²) in [6.07, 6.45) is 10.8. The van der Waals surface area contributed by atoms with Crippen molar-refractivity contribution in [3.8, 4) is 0 Å². The first-order valence-corrected chi connectivity index (χ1v) is 6.63. The second kappa shape index (κ2) is 5.04. The third-order valence-corrected chi connectivity index (χ3v) is 3.92. The molecule has 100 valence electrons. The van der Waals surface area contributed by atoms with Crippen LogP contribution in [-0.4, -0.2) is 12.6 Å².